The Labute approximate surface area is 109 Å². The lowest BCUT2D eigenvalue weighted by molar-refractivity contribution is 0.194. The third-order valence-corrected chi connectivity index (χ3v) is 4.00. The lowest BCUT2D eigenvalue weighted by Gasteiger charge is -2.30. The zero-order valence-corrected chi connectivity index (χ0v) is 11.4. The van der Waals surface area contributed by atoms with E-state index < -0.39 is 0 Å². The van der Waals surface area contributed by atoms with Crippen molar-refractivity contribution in [2.24, 2.45) is 0 Å². The summed E-state index contributed by atoms with van der Waals surface area (Å²) in [6.07, 6.45) is 2.35. The van der Waals surface area contributed by atoms with Crippen molar-refractivity contribution < 1.29 is 0 Å². The molecule has 0 spiro atoms. The maximum atomic E-state index is 5.90. The van der Waals surface area contributed by atoms with E-state index in [1.165, 1.54) is 12.0 Å². The van der Waals surface area contributed by atoms with Crippen LogP contribution in [-0.2, 0) is 6.42 Å². The van der Waals surface area contributed by atoms with Gasteiger partial charge in [0.1, 0.15) is 0 Å². The summed E-state index contributed by atoms with van der Waals surface area (Å²) in [6.45, 7) is 4.58. The molecule has 94 valence electrons. The van der Waals surface area contributed by atoms with Crippen LogP contribution in [0.4, 0.5) is 0 Å². The van der Waals surface area contributed by atoms with Crippen LogP contribution in [0.5, 0.6) is 0 Å². The number of halogens is 1. The molecule has 3 heteroatoms. The molecular weight excluding hydrogens is 232 g/mol. The van der Waals surface area contributed by atoms with E-state index in [-0.39, 0.29) is 0 Å². The van der Waals surface area contributed by atoms with E-state index in [1.807, 2.05) is 12.1 Å². The summed E-state index contributed by atoms with van der Waals surface area (Å²) in [4.78, 5) is 2.49. The smallest absolute Gasteiger partial charge is 0.0406 e. The Morgan fingerprint density at radius 1 is 1.41 bits per heavy atom. The van der Waals surface area contributed by atoms with E-state index in [0.717, 1.165) is 24.5 Å². The minimum Gasteiger partial charge on any atom is -0.315 e. The van der Waals surface area contributed by atoms with Crippen molar-refractivity contribution in [3.05, 3.63) is 34.9 Å². The highest BCUT2D eigenvalue weighted by atomic mass is 35.5. The molecule has 0 saturated carbocycles. The van der Waals surface area contributed by atoms with Gasteiger partial charge in [0.15, 0.2) is 0 Å². The van der Waals surface area contributed by atoms with Crippen molar-refractivity contribution in [2.75, 3.05) is 20.1 Å². The zero-order chi connectivity index (χ0) is 12.3. The highest BCUT2D eigenvalue weighted by Crippen LogP contribution is 2.15. The van der Waals surface area contributed by atoms with Gasteiger partial charge in [-0.15, -0.1) is 0 Å². The van der Waals surface area contributed by atoms with Gasteiger partial charge >= 0.3 is 0 Å². The molecule has 1 fully saturated rings. The van der Waals surface area contributed by atoms with E-state index >= 15 is 0 Å². The van der Waals surface area contributed by atoms with Crippen LogP contribution in [0.2, 0.25) is 5.02 Å². The molecule has 2 unspecified atom stereocenters. The normalized spacial score (nSPS) is 22.0. The van der Waals surface area contributed by atoms with Crippen LogP contribution >= 0.6 is 11.6 Å². The number of likely N-dealkylation sites (N-methyl/N-ethyl adjacent to an activating group) is 1. The number of rotatable bonds is 4. The van der Waals surface area contributed by atoms with E-state index in [9.17, 15) is 0 Å². The Hall–Kier alpha value is -0.570. The van der Waals surface area contributed by atoms with Crippen LogP contribution < -0.4 is 5.32 Å². The highest BCUT2D eigenvalue weighted by Gasteiger charge is 2.22. The maximum Gasteiger partial charge on any atom is 0.0406 e. The molecule has 1 heterocycles. The second-order valence-electron chi connectivity index (χ2n) is 4.99. The van der Waals surface area contributed by atoms with Gasteiger partial charge in [-0.2, -0.15) is 0 Å². The number of hydrogen-bond donors (Lipinski definition) is 1. The summed E-state index contributed by atoms with van der Waals surface area (Å²) >= 11 is 5.90. The van der Waals surface area contributed by atoms with Crippen molar-refractivity contribution >= 4 is 11.6 Å². The second-order valence-corrected chi connectivity index (χ2v) is 5.43. The molecule has 1 aromatic rings. The molecule has 0 aromatic heterocycles. The lowest BCUT2D eigenvalue weighted by Crippen LogP contribution is -2.40. The minimum atomic E-state index is 0.570. The standard InChI is InChI=1S/C14H21ClN2/c1-11(17(2)14-7-8-16-10-14)9-12-3-5-13(15)6-4-12/h3-6,11,14,16H,7-10H2,1-2H3. The molecule has 1 aliphatic rings. The van der Waals surface area contributed by atoms with Crippen LogP contribution in [0.3, 0.4) is 0 Å². The fourth-order valence-electron chi connectivity index (χ4n) is 2.45. The van der Waals surface area contributed by atoms with Gasteiger partial charge in [0.25, 0.3) is 0 Å². The summed E-state index contributed by atoms with van der Waals surface area (Å²) in [6, 6.07) is 9.46. The van der Waals surface area contributed by atoms with Gasteiger partial charge in [0.2, 0.25) is 0 Å². The Kier molecular flexibility index (Phi) is 4.43. The Morgan fingerprint density at radius 2 is 2.12 bits per heavy atom. The fourth-order valence-corrected chi connectivity index (χ4v) is 2.58. The molecular formula is C14H21ClN2. The van der Waals surface area contributed by atoms with Gasteiger partial charge in [-0.05, 0) is 51.1 Å². The average Bonchev–Trinajstić information content (AvgIpc) is 2.84. The van der Waals surface area contributed by atoms with Crippen LogP contribution in [0, 0.1) is 0 Å². The monoisotopic (exact) mass is 252 g/mol. The molecule has 0 aliphatic carbocycles. The molecule has 1 aromatic carbocycles. The largest absolute Gasteiger partial charge is 0.315 e. The quantitative estimate of drug-likeness (QED) is 0.886. The molecule has 2 nitrogen and oxygen atoms in total. The zero-order valence-electron chi connectivity index (χ0n) is 10.6. The number of benzene rings is 1. The molecule has 17 heavy (non-hydrogen) atoms. The highest BCUT2D eigenvalue weighted by molar-refractivity contribution is 6.30. The topological polar surface area (TPSA) is 15.3 Å². The third kappa shape index (κ3) is 3.44. The number of nitrogens with one attached hydrogen (secondary N) is 1. The molecule has 2 atom stereocenters. The molecule has 0 amide bonds. The first kappa shape index (κ1) is 12.9. The van der Waals surface area contributed by atoms with Crippen molar-refractivity contribution in [1.29, 1.82) is 0 Å². The first-order valence-corrected chi connectivity index (χ1v) is 6.71. The van der Waals surface area contributed by atoms with E-state index in [4.69, 9.17) is 11.6 Å². The maximum absolute atomic E-state index is 5.90. The van der Waals surface area contributed by atoms with Crippen LogP contribution in [0.15, 0.2) is 24.3 Å². The predicted octanol–water partition coefficient (Wildman–Crippen LogP) is 2.56. The van der Waals surface area contributed by atoms with Crippen LogP contribution in [0.1, 0.15) is 18.9 Å². The summed E-state index contributed by atoms with van der Waals surface area (Å²) in [5, 5.41) is 4.23. The SMILES string of the molecule is CC(Cc1ccc(Cl)cc1)N(C)C1CCNC1. The van der Waals surface area contributed by atoms with E-state index in [2.05, 4.69) is 36.3 Å². The van der Waals surface area contributed by atoms with Crippen molar-refractivity contribution in [3.8, 4) is 0 Å². The summed E-state index contributed by atoms with van der Waals surface area (Å²) < 4.78 is 0. The number of hydrogen-bond acceptors (Lipinski definition) is 2. The third-order valence-electron chi connectivity index (χ3n) is 3.75. The van der Waals surface area contributed by atoms with Crippen molar-refractivity contribution in [1.82, 2.24) is 10.2 Å². The Bertz CT molecular complexity index is 344. The minimum absolute atomic E-state index is 0.570. The molecule has 1 aliphatic heterocycles. The summed E-state index contributed by atoms with van der Waals surface area (Å²) in [7, 11) is 2.23. The predicted molar refractivity (Wildman–Crippen MR) is 73.7 cm³/mol. The number of nitrogens with zero attached hydrogens (tertiary/aromatic N) is 1. The first-order valence-electron chi connectivity index (χ1n) is 6.34. The Morgan fingerprint density at radius 3 is 2.71 bits per heavy atom. The van der Waals surface area contributed by atoms with Gasteiger partial charge in [-0.1, -0.05) is 23.7 Å². The average molecular weight is 253 g/mol. The molecule has 2 rings (SSSR count). The molecule has 0 bridgehead atoms. The van der Waals surface area contributed by atoms with Crippen molar-refractivity contribution in [3.63, 3.8) is 0 Å². The summed E-state index contributed by atoms with van der Waals surface area (Å²) in [5.41, 5.74) is 1.36. The lowest BCUT2D eigenvalue weighted by atomic mass is 10.0. The summed E-state index contributed by atoms with van der Waals surface area (Å²) in [5.74, 6) is 0. The molecule has 1 saturated heterocycles. The molecule has 0 radical (unpaired) electrons. The van der Waals surface area contributed by atoms with Gasteiger partial charge in [-0.25, -0.2) is 0 Å². The van der Waals surface area contributed by atoms with Gasteiger partial charge in [0, 0.05) is 23.7 Å². The van der Waals surface area contributed by atoms with Crippen LogP contribution in [-0.4, -0.2) is 37.1 Å². The van der Waals surface area contributed by atoms with Crippen LogP contribution in [0.25, 0.3) is 0 Å². The van der Waals surface area contributed by atoms with Gasteiger partial charge in [-0.3, -0.25) is 4.90 Å². The van der Waals surface area contributed by atoms with Crippen molar-refractivity contribution in [2.45, 2.75) is 31.8 Å². The van der Waals surface area contributed by atoms with E-state index in [1.54, 1.807) is 0 Å². The van der Waals surface area contributed by atoms with Gasteiger partial charge < -0.3 is 5.32 Å². The first-order chi connectivity index (χ1) is 8.16. The molecule has 1 N–H and O–H groups in total. The fraction of sp³-hybridized carbons (Fsp3) is 0.571. The Balaban J connectivity index is 1.91. The second kappa shape index (κ2) is 5.85. The van der Waals surface area contributed by atoms with Gasteiger partial charge in [0.05, 0.1) is 0 Å². The van der Waals surface area contributed by atoms with E-state index in [0.29, 0.717) is 12.1 Å².